The third-order valence-electron chi connectivity index (χ3n) is 2.57. The van der Waals surface area contributed by atoms with Gasteiger partial charge in [0.15, 0.2) is 0 Å². The summed E-state index contributed by atoms with van der Waals surface area (Å²) in [6.45, 7) is 4.52. The standard InChI is InChI=1S/C10H18N2O2/c1-7(2)12-6-8(5-9(12)13)10(14)11(3)4/h7-8H,5-6H2,1-4H3/t8-/m0/s1. The topological polar surface area (TPSA) is 40.6 Å². The summed E-state index contributed by atoms with van der Waals surface area (Å²) in [5, 5.41) is 0. The van der Waals surface area contributed by atoms with Gasteiger partial charge in [0, 0.05) is 33.1 Å². The van der Waals surface area contributed by atoms with Gasteiger partial charge in [-0.25, -0.2) is 0 Å². The maximum atomic E-state index is 11.6. The van der Waals surface area contributed by atoms with Crippen molar-refractivity contribution in [2.45, 2.75) is 26.3 Å². The highest BCUT2D eigenvalue weighted by atomic mass is 16.2. The number of hydrogen-bond donors (Lipinski definition) is 0. The average Bonchev–Trinajstić information content (AvgIpc) is 2.45. The van der Waals surface area contributed by atoms with Crippen molar-refractivity contribution in [3.8, 4) is 0 Å². The molecule has 0 aromatic rings. The average molecular weight is 198 g/mol. The van der Waals surface area contributed by atoms with Crippen molar-refractivity contribution in [2.75, 3.05) is 20.6 Å². The van der Waals surface area contributed by atoms with Gasteiger partial charge < -0.3 is 9.80 Å². The summed E-state index contributed by atoms with van der Waals surface area (Å²) in [7, 11) is 3.45. The molecular weight excluding hydrogens is 180 g/mol. The second-order valence-electron chi connectivity index (χ2n) is 4.27. The first kappa shape index (κ1) is 11.0. The zero-order valence-corrected chi connectivity index (χ0v) is 9.28. The summed E-state index contributed by atoms with van der Waals surface area (Å²) in [4.78, 5) is 26.4. The smallest absolute Gasteiger partial charge is 0.227 e. The van der Waals surface area contributed by atoms with Crippen LogP contribution >= 0.6 is 0 Å². The van der Waals surface area contributed by atoms with Crippen molar-refractivity contribution in [3.05, 3.63) is 0 Å². The van der Waals surface area contributed by atoms with Crippen LogP contribution in [0.4, 0.5) is 0 Å². The van der Waals surface area contributed by atoms with E-state index in [1.165, 1.54) is 0 Å². The monoisotopic (exact) mass is 198 g/mol. The summed E-state index contributed by atoms with van der Waals surface area (Å²) >= 11 is 0. The van der Waals surface area contributed by atoms with Crippen LogP contribution < -0.4 is 0 Å². The van der Waals surface area contributed by atoms with Gasteiger partial charge in [0.25, 0.3) is 0 Å². The van der Waals surface area contributed by atoms with Crippen LogP contribution in [0.5, 0.6) is 0 Å². The Labute approximate surface area is 84.9 Å². The van der Waals surface area contributed by atoms with E-state index < -0.39 is 0 Å². The summed E-state index contributed by atoms with van der Waals surface area (Å²) in [5.41, 5.74) is 0. The first-order valence-corrected chi connectivity index (χ1v) is 4.94. The molecule has 0 bridgehead atoms. The fourth-order valence-electron chi connectivity index (χ4n) is 1.76. The summed E-state index contributed by atoms with van der Waals surface area (Å²) < 4.78 is 0. The molecule has 1 fully saturated rings. The third-order valence-corrected chi connectivity index (χ3v) is 2.57. The number of carbonyl (C=O) groups excluding carboxylic acids is 2. The lowest BCUT2D eigenvalue weighted by molar-refractivity contribution is -0.133. The minimum absolute atomic E-state index is 0.0569. The van der Waals surface area contributed by atoms with Crippen LogP contribution in [0.3, 0.4) is 0 Å². The van der Waals surface area contributed by atoms with Crippen molar-refractivity contribution in [1.29, 1.82) is 0 Å². The van der Waals surface area contributed by atoms with Gasteiger partial charge in [-0.3, -0.25) is 9.59 Å². The van der Waals surface area contributed by atoms with Gasteiger partial charge in [-0.2, -0.15) is 0 Å². The molecular formula is C10H18N2O2. The van der Waals surface area contributed by atoms with E-state index in [1.54, 1.807) is 23.9 Å². The highest BCUT2D eigenvalue weighted by molar-refractivity contribution is 5.89. The second-order valence-corrected chi connectivity index (χ2v) is 4.27. The molecule has 14 heavy (non-hydrogen) atoms. The normalized spacial score (nSPS) is 21.9. The molecule has 1 aliphatic rings. The zero-order chi connectivity index (χ0) is 10.9. The highest BCUT2D eigenvalue weighted by Crippen LogP contribution is 2.21. The second kappa shape index (κ2) is 3.98. The van der Waals surface area contributed by atoms with Crippen LogP contribution in [0, 0.1) is 5.92 Å². The molecule has 4 nitrogen and oxygen atoms in total. The van der Waals surface area contributed by atoms with E-state index in [1.807, 2.05) is 13.8 Å². The minimum atomic E-state index is -0.139. The molecule has 0 N–H and O–H groups in total. The van der Waals surface area contributed by atoms with Gasteiger partial charge in [-0.05, 0) is 13.8 Å². The number of amides is 2. The van der Waals surface area contributed by atoms with E-state index in [4.69, 9.17) is 0 Å². The van der Waals surface area contributed by atoms with Gasteiger partial charge in [-0.15, -0.1) is 0 Å². The van der Waals surface area contributed by atoms with Crippen molar-refractivity contribution in [2.24, 2.45) is 5.92 Å². The molecule has 1 rings (SSSR count). The largest absolute Gasteiger partial charge is 0.349 e. The molecule has 0 spiro atoms. The first-order valence-electron chi connectivity index (χ1n) is 4.94. The number of nitrogens with zero attached hydrogens (tertiary/aromatic N) is 2. The zero-order valence-electron chi connectivity index (χ0n) is 9.28. The Kier molecular flexibility index (Phi) is 3.13. The van der Waals surface area contributed by atoms with E-state index in [9.17, 15) is 9.59 Å². The van der Waals surface area contributed by atoms with E-state index >= 15 is 0 Å². The maximum absolute atomic E-state index is 11.6. The number of carbonyl (C=O) groups is 2. The molecule has 0 saturated carbocycles. The first-order chi connectivity index (χ1) is 6.43. The van der Waals surface area contributed by atoms with E-state index in [-0.39, 0.29) is 23.8 Å². The van der Waals surface area contributed by atoms with Crippen LogP contribution in [-0.2, 0) is 9.59 Å². The fraction of sp³-hybridized carbons (Fsp3) is 0.800. The van der Waals surface area contributed by atoms with Crippen LogP contribution in [0.1, 0.15) is 20.3 Å². The predicted molar refractivity (Wildman–Crippen MR) is 53.7 cm³/mol. The number of rotatable bonds is 2. The molecule has 4 heteroatoms. The van der Waals surface area contributed by atoms with E-state index in [0.717, 1.165) is 0 Å². The lowest BCUT2D eigenvalue weighted by atomic mass is 10.1. The van der Waals surface area contributed by atoms with E-state index in [0.29, 0.717) is 13.0 Å². The predicted octanol–water partition coefficient (Wildman–Crippen LogP) is 0.331. The van der Waals surface area contributed by atoms with Crippen molar-refractivity contribution < 1.29 is 9.59 Å². The third kappa shape index (κ3) is 2.05. The molecule has 0 aromatic heterocycles. The molecule has 2 amide bonds. The highest BCUT2D eigenvalue weighted by Gasteiger charge is 2.35. The van der Waals surface area contributed by atoms with Crippen LogP contribution in [0.25, 0.3) is 0 Å². The van der Waals surface area contributed by atoms with Crippen LogP contribution in [0.2, 0.25) is 0 Å². The fourth-order valence-corrected chi connectivity index (χ4v) is 1.76. The van der Waals surface area contributed by atoms with Gasteiger partial charge in [-0.1, -0.05) is 0 Å². The molecule has 1 heterocycles. The Balaban J connectivity index is 2.63. The Morgan fingerprint density at radius 1 is 1.50 bits per heavy atom. The summed E-state index contributed by atoms with van der Waals surface area (Å²) in [6, 6.07) is 0.197. The van der Waals surface area contributed by atoms with E-state index in [2.05, 4.69) is 0 Å². The Hall–Kier alpha value is -1.06. The molecule has 0 aliphatic carbocycles. The van der Waals surface area contributed by atoms with Gasteiger partial charge >= 0.3 is 0 Å². The summed E-state index contributed by atoms with van der Waals surface area (Å²) in [5.74, 6) is 0.0154. The maximum Gasteiger partial charge on any atom is 0.227 e. The lowest BCUT2D eigenvalue weighted by Gasteiger charge is -2.21. The molecule has 1 saturated heterocycles. The minimum Gasteiger partial charge on any atom is -0.349 e. The Morgan fingerprint density at radius 3 is 2.43 bits per heavy atom. The molecule has 1 aliphatic heterocycles. The SMILES string of the molecule is CC(C)N1C[C@@H](C(=O)N(C)C)CC1=O. The van der Waals surface area contributed by atoms with Gasteiger partial charge in [0.05, 0.1) is 5.92 Å². The van der Waals surface area contributed by atoms with Crippen molar-refractivity contribution in [1.82, 2.24) is 9.80 Å². The van der Waals surface area contributed by atoms with Crippen LogP contribution in [0.15, 0.2) is 0 Å². The lowest BCUT2D eigenvalue weighted by Crippen LogP contribution is -2.35. The number of hydrogen-bond acceptors (Lipinski definition) is 2. The van der Waals surface area contributed by atoms with Gasteiger partial charge in [0.1, 0.15) is 0 Å². The van der Waals surface area contributed by atoms with Crippen molar-refractivity contribution >= 4 is 11.8 Å². The number of likely N-dealkylation sites (tertiary alicyclic amines) is 1. The molecule has 1 atom stereocenters. The molecule has 0 unspecified atom stereocenters. The summed E-state index contributed by atoms with van der Waals surface area (Å²) in [6.07, 6.45) is 0.370. The van der Waals surface area contributed by atoms with Gasteiger partial charge in [0.2, 0.25) is 11.8 Å². The quantitative estimate of drug-likeness (QED) is 0.641. The Bertz CT molecular complexity index is 249. The Morgan fingerprint density at radius 2 is 2.07 bits per heavy atom. The van der Waals surface area contributed by atoms with Crippen molar-refractivity contribution in [3.63, 3.8) is 0 Å². The molecule has 0 radical (unpaired) electrons. The van der Waals surface area contributed by atoms with Crippen LogP contribution in [-0.4, -0.2) is 48.3 Å². The molecule has 80 valence electrons. The molecule has 0 aromatic carbocycles.